The minimum Gasteiger partial charge on any atom is -0.383 e. The molecule has 18 heavy (non-hydrogen) atoms. The lowest BCUT2D eigenvalue weighted by Gasteiger charge is -2.15. The number of imidazole rings is 1. The molecule has 0 aromatic carbocycles. The Morgan fingerprint density at radius 3 is 3.06 bits per heavy atom. The summed E-state index contributed by atoms with van der Waals surface area (Å²) in [5.74, 6) is 0.859. The maximum Gasteiger partial charge on any atom is 0.203 e. The summed E-state index contributed by atoms with van der Waals surface area (Å²) in [5.41, 5.74) is 2.09. The minimum absolute atomic E-state index is 0.253. The molecule has 2 aromatic rings. The van der Waals surface area contributed by atoms with Crippen molar-refractivity contribution in [1.82, 2.24) is 19.7 Å². The number of anilines is 1. The summed E-state index contributed by atoms with van der Waals surface area (Å²) >= 11 is 0. The van der Waals surface area contributed by atoms with Crippen molar-refractivity contribution in [3.8, 4) is 0 Å². The molecule has 98 valence electrons. The van der Waals surface area contributed by atoms with E-state index in [4.69, 9.17) is 4.74 Å². The molecule has 0 amide bonds. The largest absolute Gasteiger partial charge is 0.383 e. The molecule has 0 saturated heterocycles. The summed E-state index contributed by atoms with van der Waals surface area (Å²) in [6, 6.07) is 0.253. The monoisotopic (exact) mass is 249 g/mol. The highest BCUT2D eigenvalue weighted by atomic mass is 16.5. The highest BCUT2D eigenvalue weighted by Gasteiger charge is 2.11. The molecule has 0 spiro atoms. The summed E-state index contributed by atoms with van der Waals surface area (Å²) in [6.07, 6.45) is 5.69. The second-order valence-corrected chi connectivity index (χ2v) is 4.38. The normalized spacial score (nSPS) is 12.6. The van der Waals surface area contributed by atoms with Crippen LogP contribution in [-0.4, -0.2) is 33.5 Å². The lowest BCUT2D eigenvalue weighted by Crippen LogP contribution is -2.14. The topological polar surface area (TPSA) is 67.8 Å². The standard InChI is InChI=1S/C12H19N5O/c1-9-7-17(10(2)8-18-3)12(16-9)13-4-11-5-14-15-6-11/h5-7,10H,4,8H2,1-3H3,(H,13,16)(H,14,15). The number of nitrogens with zero attached hydrogens (tertiary/aromatic N) is 3. The zero-order valence-corrected chi connectivity index (χ0v) is 11.0. The fourth-order valence-corrected chi connectivity index (χ4v) is 1.86. The Morgan fingerprint density at radius 1 is 1.56 bits per heavy atom. The molecule has 2 heterocycles. The van der Waals surface area contributed by atoms with E-state index in [9.17, 15) is 0 Å². The van der Waals surface area contributed by atoms with Crippen LogP contribution in [0.15, 0.2) is 18.6 Å². The van der Waals surface area contributed by atoms with Crippen molar-refractivity contribution < 1.29 is 4.74 Å². The fourth-order valence-electron chi connectivity index (χ4n) is 1.86. The molecule has 1 unspecified atom stereocenters. The van der Waals surface area contributed by atoms with Crippen LogP contribution in [0.3, 0.4) is 0 Å². The van der Waals surface area contributed by atoms with Gasteiger partial charge in [-0.05, 0) is 13.8 Å². The molecule has 2 rings (SSSR count). The van der Waals surface area contributed by atoms with Crippen LogP contribution in [0.1, 0.15) is 24.2 Å². The Kier molecular flexibility index (Phi) is 3.99. The molecule has 0 aliphatic carbocycles. The SMILES string of the molecule is COCC(C)n1cc(C)nc1NCc1cn[nH]c1. The predicted molar refractivity (Wildman–Crippen MR) is 69.5 cm³/mol. The lowest BCUT2D eigenvalue weighted by atomic mass is 10.3. The molecule has 0 aliphatic rings. The first-order valence-corrected chi connectivity index (χ1v) is 5.96. The van der Waals surface area contributed by atoms with Crippen molar-refractivity contribution in [2.45, 2.75) is 26.4 Å². The predicted octanol–water partition coefficient (Wildman–Crippen LogP) is 1.73. The van der Waals surface area contributed by atoms with Gasteiger partial charge in [0.05, 0.1) is 24.5 Å². The van der Waals surface area contributed by atoms with Gasteiger partial charge in [-0.1, -0.05) is 0 Å². The van der Waals surface area contributed by atoms with Gasteiger partial charge in [-0.25, -0.2) is 4.98 Å². The number of methoxy groups -OCH3 is 1. The summed E-state index contributed by atoms with van der Waals surface area (Å²) in [4.78, 5) is 4.48. The molecule has 0 radical (unpaired) electrons. The molecule has 6 heteroatoms. The van der Waals surface area contributed by atoms with Gasteiger partial charge in [-0.15, -0.1) is 0 Å². The van der Waals surface area contributed by atoms with Gasteiger partial charge >= 0.3 is 0 Å². The molecule has 0 saturated carbocycles. The number of aromatic nitrogens is 4. The molecule has 0 fully saturated rings. The van der Waals surface area contributed by atoms with E-state index in [1.165, 1.54) is 0 Å². The van der Waals surface area contributed by atoms with E-state index in [1.54, 1.807) is 13.3 Å². The van der Waals surface area contributed by atoms with E-state index in [0.29, 0.717) is 13.2 Å². The number of aryl methyl sites for hydroxylation is 1. The smallest absolute Gasteiger partial charge is 0.203 e. The Morgan fingerprint density at radius 2 is 2.39 bits per heavy atom. The van der Waals surface area contributed by atoms with Gasteiger partial charge in [0.2, 0.25) is 5.95 Å². The summed E-state index contributed by atoms with van der Waals surface area (Å²) < 4.78 is 7.28. The van der Waals surface area contributed by atoms with Crippen LogP contribution in [0.5, 0.6) is 0 Å². The maximum atomic E-state index is 5.18. The van der Waals surface area contributed by atoms with Crippen molar-refractivity contribution in [3.63, 3.8) is 0 Å². The number of H-pyrrole nitrogens is 1. The van der Waals surface area contributed by atoms with E-state index in [1.807, 2.05) is 19.3 Å². The van der Waals surface area contributed by atoms with Gasteiger partial charge in [0.25, 0.3) is 0 Å². The molecular formula is C12H19N5O. The molecule has 0 bridgehead atoms. The average Bonchev–Trinajstić information content (AvgIpc) is 2.95. The van der Waals surface area contributed by atoms with Crippen molar-refractivity contribution >= 4 is 5.95 Å². The van der Waals surface area contributed by atoms with E-state index < -0.39 is 0 Å². The Balaban J connectivity index is 2.07. The lowest BCUT2D eigenvalue weighted by molar-refractivity contribution is 0.163. The molecule has 1 atom stereocenters. The maximum absolute atomic E-state index is 5.18. The Bertz CT molecular complexity index is 477. The second-order valence-electron chi connectivity index (χ2n) is 4.38. The van der Waals surface area contributed by atoms with E-state index in [0.717, 1.165) is 17.2 Å². The van der Waals surface area contributed by atoms with Crippen molar-refractivity contribution in [1.29, 1.82) is 0 Å². The zero-order valence-electron chi connectivity index (χ0n) is 11.0. The summed E-state index contributed by atoms with van der Waals surface area (Å²) in [6.45, 7) is 5.45. The first kappa shape index (κ1) is 12.6. The van der Waals surface area contributed by atoms with Gasteiger partial charge in [0.15, 0.2) is 0 Å². The van der Waals surface area contributed by atoms with Gasteiger partial charge in [0, 0.05) is 31.6 Å². The van der Waals surface area contributed by atoms with Crippen LogP contribution in [0.4, 0.5) is 5.95 Å². The van der Waals surface area contributed by atoms with Crippen LogP contribution in [0.25, 0.3) is 0 Å². The number of hydrogen-bond acceptors (Lipinski definition) is 4. The van der Waals surface area contributed by atoms with Gasteiger partial charge in [-0.3, -0.25) is 5.10 Å². The third-order valence-corrected chi connectivity index (χ3v) is 2.74. The third kappa shape index (κ3) is 2.89. The number of ether oxygens (including phenoxy) is 1. The van der Waals surface area contributed by atoms with Crippen LogP contribution in [0, 0.1) is 6.92 Å². The number of nitrogens with one attached hydrogen (secondary N) is 2. The molecule has 2 aromatic heterocycles. The van der Waals surface area contributed by atoms with Crippen LogP contribution < -0.4 is 5.32 Å². The molecule has 0 aliphatic heterocycles. The zero-order chi connectivity index (χ0) is 13.0. The fraction of sp³-hybridized carbons (Fsp3) is 0.500. The van der Waals surface area contributed by atoms with Crippen molar-refractivity contribution in [3.05, 3.63) is 29.8 Å². The Labute approximate surface area is 106 Å². The van der Waals surface area contributed by atoms with Crippen LogP contribution in [0.2, 0.25) is 0 Å². The van der Waals surface area contributed by atoms with Gasteiger partial charge < -0.3 is 14.6 Å². The number of aromatic amines is 1. The minimum atomic E-state index is 0.253. The number of rotatable bonds is 6. The third-order valence-electron chi connectivity index (χ3n) is 2.74. The van der Waals surface area contributed by atoms with Crippen molar-refractivity contribution in [2.75, 3.05) is 19.0 Å². The average molecular weight is 249 g/mol. The highest BCUT2D eigenvalue weighted by molar-refractivity contribution is 5.30. The first-order valence-electron chi connectivity index (χ1n) is 5.96. The van der Waals surface area contributed by atoms with E-state index in [2.05, 4.69) is 32.0 Å². The molecular weight excluding hydrogens is 230 g/mol. The van der Waals surface area contributed by atoms with E-state index >= 15 is 0 Å². The van der Waals surface area contributed by atoms with Gasteiger partial charge in [-0.2, -0.15) is 5.10 Å². The highest BCUT2D eigenvalue weighted by Crippen LogP contribution is 2.16. The molecule has 2 N–H and O–H groups in total. The number of hydrogen-bond donors (Lipinski definition) is 2. The van der Waals surface area contributed by atoms with Crippen LogP contribution in [-0.2, 0) is 11.3 Å². The van der Waals surface area contributed by atoms with Gasteiger partial charge in [0.1, 0.15) is 0 Å². The van der Waals surface area contributed by atoms with E-state index in [-0.39, 0.29) is 6.04 Å². The Hall–Kier alpha value is -1.82. The molecule has 6 nitrogen and oxygen atoms in total. The first-order chi connectivity index (χ1) is 8.70. The summed E-state index contributed by atoms with van der Waals surface area (Å²) in [7, 11) is 1.71. The van der Waals surface area contributed by atoms with Crippen LogP contribution >= 0.6 is 0 Å². The quantitative estimate of drug-likeness (QED) is 0.818. The summed E-state index contributed by atoms with van der Waals surface area (Å²) in [5, 5.41) is 10.0. The van der Waals surface area contributed by atoms with Crippen molar-refractivity contribution in [2.24, 2.45) is 0 Å². The second kappa shape index (κ2) is 5.68.